The highest BCUT2D eigenvalue weighted by Gasteiger charge is 2.40. The topological polar surface area (TPSA) is 8.17 Å². The number of fused-ring (bicyclic) bond motifs is 6. The smallest absolute Gasteiger partial charge is 0.0486 e. The predicted octanol–water partition coefficient (Wildman–Crippen LogP) is 5.65. The standard InChI is InChI=1S/C23H25BrN2/c1-15-3-9-20-19(13-15)23-21-10-8-18(25(21)2)14-22(23)26(20)12-11-16-4-6-17(24)7-5-16/h3-7,9,13,18,21H,8,10-12,14H2,1-2H3. The Morgan fingerprint density at radius 3 is 2.69 bits per heavy atom. The summed E-state index contributed by atoms with van der Waals surface area (Å²) >= 11 is 3.54. The Balaban J connectivity index is 1.59. The molecule has 3 heteroatoms. The fourth-order valence-electron chi connectivity index (χ4n) is 5.12. The van der Waals surface area contributed by atoms with Crippen LogP contribution in [0, 0.1) is 6.92 Å². The van der Waals surface area contributed by atoms with Crippen molar-refractivity contribution in [2.45, 2.75) is 51.2 Å². The number of hydrogen-bond donors (Lipinski definition) is 0. The number of hydrogen-bond acceptors (Lipinski definition) is 1. The number of aromatic nitrogens is 1. The molecule has 0 radical (unpaired) electrons. The number of likely N-dealkylation sites (N-methyl/N-ethyl adjacent to an activating group) is 1. The minimum absolute atomic E-state index is 0.613. The van der Waals surface area contributed by atoms with Gasteiger partial charge in [0.15, 0.2) is 0 Å². The third kappa shape index (κ3) is 2.56. The van der Waals surface area contributed by atoms with Gasteiger partial charge in [0.05, 0.1) is 0 Å². The molecule has 2 nitrogen and oxygen atoms in total. The van der Waals surface area contributed by atoms with Gasteiger partial charge in [0.25, 0.3) is 0 Å². The first kappa shape index (κ1) is 16.6. The fraction of sp³-hybridized carbons (Fsp3) is 0.391. The summed E-state index contributed by atoms with van der Waals surface area (Å²) in [5, 5.41) is 1.49. The normalized spacial score (nSPS) is 22.1. The molecule has 2 atom stereocenters. The molecule has 3 aromatic rings. The first-order chi connectivity index (χ1) is 12.6. The van der Waals surface area contributed by atoms with Gasteiger partial charge in [0.2, 0.25) is 0 Å². The summed E-state index contributed by atoms with van der Waals surface area (Å²) in [5.41, 5.74) is 7.43. The zero-order chi connectivity index (χ0) is 17.8. The zero-order valence-corrected chi connectivity index (χ0v) is 17.1. The Labute approximate surface area is 163 Å². The molecule has 0 aliphatic carbocycles. The lowest BCUT2D eigenvalue weighted by molar-refractivity contribution is 0.222. The molecule has 2 aromatic carbocycles. The second-order valence-corrected chi connectivity index (χ2v) is 8.94. The molecule has 1 aromatic heterocycles. The summed E-state index contributed by atoms with van der Waals surface area (Å²) < 4.78 is 3.78. The maximum atomic E-state index is 3.54. The summed E-state index contributed by atoms with van der Waals surface area (Å²) in [7, 11) is 2.33. The number of nitrogens with zero attached hydrogens (tertiary/aromatic N) is 2. The number of halogens is 1. The fourth-order valence-corrected chi connectivity index (χ4v) is 5.38. The maximum Gasteiger partial charge on any atom is 0.0486 e. The second kappa shape index (κ2) is 6.24. The summed E-state index contributed by atoms with van der Waals surface area (Å²) in [6.07, 6.45) is 4.95. The van der Waals surface area contributed by atoms with Gasteiger partial charge in [-0.3, -0.25) is 4.90 Å². The van der Waals surface area contributed by atoms with Crippen LogP contribution in [0.15, 0.2) is 46.9 Å². The van der Waals surface area contributed by atoms with Crippen LogP contribution in [0.4, 0.5) is 0 Å². The molecule has 1 saturated heterocycles. The molecular formula is C23H25BrN2. The van der Waals surface area contributed by atoms with E-state index in [9.17, 15) is 0 Å². The molecule has 1 fully saturated rings. The maximum absolute atomic E-state index is 3.54. The van der Waals surface area contributed by atoms with Gasteiger partial charge in [-0.25, -0.2) is 0 Å². The van der Waals surface area contributed by atoms with Gasteiger partial charge in [-0.1, -0.05) is 39.7 Å². The summed E-state index contributed by atoms with van der Waals surface area (Å²) in [5.74, 6) is 0. The van der Waals surface area contributed by atoms with E-state index in [-0.39, 0.29) is 0 Å². The van der Waals surface area contributed by atoms with Crippen molar-refractivity contribution >= 4 is 26.8 Å². The number of benzene rings is 2. The average Bonchev–Trinajstić information content (AvgIpc) is 3.04. The van der Waals surface area contributed by atoms with Crippen LogP contribution in [0.3, 0.4) is 0 Å². The SMILES string of the molecule is Cc1ccc2c(c1)c1c(n2CCc2ccc(Br)cc2)CC2CCC1N2C. The Kier molecular flexibility index (Phi) is 3.98. The van der Waals surface area contributed by atoms with E-state index >= 15 is 0 Å². The van der Waals surface area contributed by atoms with E-state index in [0.717, 1.165) is 23.5 Å². The molecule has 0 amide bonds. The number of aryl methyl sites for hydroxylation is 3. The minimum Gasteiger partial charge on any atom is -0.344 e. The van der Waals surface area contributed by atoms with E-state index < -0.39 is 0 Å². The highest BCUT2D eigenvalue weighted by molar-refractivity contribution is 9.10. The van der Waals surface area contributed by atoms with Crippen LogP contribution in [0.25, 0.3) is 10.9 Å². The van der Waals surface area contributed by atoms with Crippen molar-refractivity contribution in [1.29, 1.82) is 0 Å². The van der Waals surface area contributed by atoms with Gasteiger partial charge in [0, 0.05) is 46.1 Å². The molecule has 5 rings (SSSR count). The molecule has 134 valence electrons. The van der Waals surface area contributed by atoms with Crippen LogP contribution in [-0.2, 0) is 19.4 Å². The summed E-state index contributed by atoms with van der Waals surface area (Å²) in [4.78, 5) is 2.63. The van der Waals surface area contributed by atoms with Crippen LogP contribution >= 0.6 is 15.9 Å². The highest BCUT2D eigenvalue weighted by Crippen LogP contribution is 2.46. The average molecular weight is 409 g/mol. The van der Waals surface area contributed by atoms with Gasteiger partial charge in [0.1, 0.15) is 0 Å². The van der Waals surface area contributed by atoms with Crippen LogP contribution < -0.4 is 0 Å². The molecule has 2 aliphatic rings. The molecule has 3 heterocycles. The van der Waals surface area contributed by atoms with Crippen molar-refractivity contribution < 1.29 is 0 Å². The van der Waals surface area contributed by atoms with E-state index in [0.29, 0.717) is 6.04 Å². The van der Waals surface area contributed by atoms with Crippen molar-refractivity contribution in [3.63, 3.8) is 0 Å². The lowest BCUT2D eigenvalue weighted by Gasteiger charge is -2.32. The van der Waals surface area contributed by atoms with Gasteiger partial charge < -0.3 is 4.57 Å². The lowest BCUT2D eigenvalue weighted by Crippen LogP contribution is -2.34. The molecule has 0 spiro atoms. The van der Waals surface area contributed by atoms with Crippen molar-refractivity contribution in [3.05, 3.63) is 69.3 Å². The van der Waals surface area contributed by atoms with Crippen molar-refractivity contribution in [1.82, 2.24) is 9.47 Å². The highest BCUT2D eigenvalue weighted by atomic mass is 79.9. The molecule has 0 N–H and O–H groups in total. The quantitative estimate of drug-likeness (QED) is 0.543. The molecule has 2 unspecified atom stereocenters. The Bertz CT molecular complexity index is 970. The van der Waals surface area contributed by atoms with Crippen LogP contribution in [0.1, 0.15) is 41.3 Å². The van der Waals surface area contributed by atoms with Crippen LogP contribution in [-0.4, -0.2) is 22.6 Å². The summed E-state index contributed by atoms with van der Waals surface area (Å²) in [6, 6.07) is 17.1. The Morgan fingerprint density at radius 1 is 1.08 bits per heavy atom. The Hall–Kier alpha value is -1.58. The monoisotopic (exact) mass is 408 g/mol. The summed E-state index contributed by atoms with van der Waals surface area (Å²) in [6.45, 7) is 3.29. The Morgan fingerprint density at radius 2 is 1.88 bits per heavy atom. The van der Waals surface area contributed by atoms with Crippen molar-refractivity contribution in [2.75, 3.05) is 7.05 Å². The van der Waals surface area contributed by atoms with Gasteiger partial charge in [-0.2, -0.15) is 0 Å². The molecule has 26 heavy (non-hydrogen) atoms. The predicted molar refractivity (Wildman–Crippen MR) is 112 cm³/mol. The lowest BCUT2D eigenvalue weighted by atomic mass is 9.97. The molecule has 2 bridgehead atoms. The van der Waals surface area contributed by atoms with E-state index in [1.54, 1.807) is 11.3 Å². The van der Waals surface area contributed by atoms with E-state index in [2.05, 4.69) is 81.8 Å². The van der Waals surface area contributed by atoms with Crippen LogP contribution in [0.2, 0.25) is 0 Å². The van der Waals surface area contributed by atoms with E-state index in [1.165, 1.54) is 41.3 Å². The first-order valence-corrected chi connectivity index (χ1v) is 10.5. The zero-order valence-electron chi connectivity index (χ0n) is 15.5. The third-order valence-electron chi connectivity index (χ3n) is 6.51. The van der Waals surface area contributed by atoms with Gasteiger partial charge in [-0.15, -0.1) is 0 Å². The number of rotatable bonds is 3. The third-order valence-corrected chi connectivity index (χ3v) is 7.04. The van der Waals surface area contributed by atoms with Crippen molar-refractivity contribution in [2.24, 2.45) is 0 Å². The minimum atomic E-state index is 0.613. The molecule has 2 aliphatic heterocycles. The molecular weight excluding hydrogens is 384 g/mol. The van der Waals surface area contributed by atoms with E-state index in [1.807, 2.05) is 0 Å². The van der Waals surface area contributed by atoms with Gasteiger partial charge in [-0.05, 0) is 68.6 Å². The first-order valence-electron chi connectivity index (χ1n) is 9.70. The van der Waals surface area contributed by atoms with Crippen LogP contribution in [0.5, 0.6) is 0 Å². The molecule has 0 saturated carbocycles. The largest absolute Gasteiger partial charge is 0.344 e. The van der Waals surface area contributed by atoms with E-state index in [4.69, 9.17) is 0 Å². The second-order valence-electron chi connectivity index (χ2n) is 8.03. The van der Waals surface area contributed by atoms with Crippen molar-refractivity contribution in [3.8, 4) is 0 Å². The van der Waals surface area contributed by atoms with Gasteiger partial charge >= 0.3 is 0 Å².